The van der Waals surface area contributed by atoms with Crippen LogP contribution in [0.5, 0.6) is 0 Å². The second-order valence-corrected chi connectivity index (χ2v) is 6.23. The van der Waals surface area contributed by atoms with Crippen molar-refractivity contribution in [2.45, 2.75) is 43.7 Å². The van der Waals surface area contributed by atoms with Crippen LogP contribution in [0.4, 0.5) is 5.69 Å². The zero-order valence-electron chi connectivity index (χ0n) is 13.3. The summed E-state index contributed by atoms with van der Waals surface area (Å²) in [7, 11) is -4.54. The predicted molar refractivity (Wildman–Crippen MR) is 79.2 cm³/mol. The molecule has 1 aromatic carbocycles. The van der Waals surface area contributed by atoms with E-state index in [2.05, 4.69) is 0 Å². The zero-order valence-corrected chi connectivity index (χ0v) is 14.1. The molecule has 6 nitrogen and oxygen atoms in total. The van der Waals surface area contributed by atoms with E-state index in [9.17, 15) is 23.2 Å². The summed E-state index contributed by atoms with van der Waals surface area (Å²) in [5, 5.41) is 19.0. The molecule has 22 heavy (non-hydrogen) atoms. The molecule has 2 atom stereocenters. The van der Waals surface area contributed by atoms with E-state index in [1.54, 1.807) is 11.0 Å². The fourth-order valence-electron chi connectivity index (χ4n) is 2.35. The normalized spacial score (nSPS) is 14.0. The molecule has 0 aliphatic heterocycles. The van der Waals surface area contributed by atoms with Gasteiger partial charge in [-0.2, -0.15) is 0 Å². The van der Waals surface area contributed by atoms with Gasteiger partial charge in [-0.05, 0) is 31.0 Å². The van der Waals surface area contributed by atoms with E-state index in [-0.39, 0.29) is 49.1 Å². The number of nitrogens with zero attached hydrogens (tertiary/aromatic N) is 1. The smallest absolute Gasteiger partial charge is 0.744 e. The summed E-state index contributed by atoms with van der Waals surface area (Å²) in [6.45, 7) is 3.54. The second-order valence-electron chi connectivity index (χ2n) is 4.85. The molecule has 0 fully saturated rings. The molecule has 0 radical (unpaired) electrons. The van der Waals surface area contributed by atoms with Crippen molar-refractivity contribution in [2.75, 3.05) is 18.1 Å². The Hall–Kier alpha value is -0.553. The van der Waals surface area contributed by atoms with E-state index >= 15 is 0 Å². The van der Waals surface area contributed by atoms with Gasteiger partial charge in [-0.25, -0.2) is 8.42 Å². The number of hydrogen-bond donors (Lipinski definition) is 2. The van der Waals surface area contributed by atoms with E-state index in [0.29, 0.717) is 18.5 Å². The average Bonchev–Trinajstić information content (AvgIpc) is 2.47. The van der Waals surface area contributed by atoms with Crippen LogP contribution in [0.3, 0.4) is 0 Å². The Morgan fingerprint density at radius 2 is 1.64 bits per heavy atom. The molecule has 0 aromatic heterocycles. The second kappa shape index (κ2) is 9.56. The molecule has 8 heteroatoms. The summed E-state index contributed by atoms with van der Waals surface area (Å²) in [4.78, 5) is 1.47. The van der Waals surface area contributed by atoms with Gasteiger partial charge < -0.3 is 19.7 Å². The SMILES string of the molecule is CCC(CO)N(c1cccc(S(=O)(=O)[O-])c1)C(CC)CO.[Li+]. The minimum atomic E-state index is -4.54. The number of hydrogen-bond acceptors (Lipinski definition) is 6. The minimum absolute atomic E-state index is 0. The van der Waals surface area contributed by atoms with Gasteiger partial charge in [-0.3, -0.25) is 0 Å². The maximum atomic E-state index is 11.2. The molecule has 0 saturated heterocycles. The number of aliphatic hydroxyl groups excluding tert-OH is 2. The van der Waals surface area contributed by atoms with Crippen molar-refractivity contribution in [1.29, 1.82) is 0 Å². The van der Waals surface area contributed by atoms with Gasteiger partial charge in [0.15, 0.2) is 0 Å². The molecule has 120 valence electrons. The van der Waals surface area contributed by atoms with Crippen molar-refractivity contribution in [3.8, 4) is 0 Å². The van der Waals surface area contributed by atoms with E-state index in [1.807, 2.05) is 13.8 Å². The summed E-state index contributed by atoms with van der Waals surface area (Å²) in [6.07, 6.45) is 1.25. The van der Waals surface area contributed by atoms with Gasteiger partial charge in [-0.1, -0.05) is 19.9 Å². The Morgan fingerprint density at radius 3 is 2.00 bits per heavy atom. The van der Waals surface area contributed by atoms with Crippen LogP contribution in [0.2, 0.25) is 0 Å². The monoisotopic (exact) mass is 323 g/mol. The van der Waals surface area contributed by atoms with Gasteiger partial charge in [0, 0.05) is 5.69 Å². The number of anilines is 1. The first-order valence-corrected chi connectivity index (χ1v) is 8.35. The summed E-state index contributed by atoms with van der Waals surface area (Å²) in [5.74, 6) is 0. The molecule has 0 heterocycles. The summed E-state index contributed by atoms with van der Waals surface area (Å²) in [5.41, 5.74) is 0.508. The van der Waals surface area contributed by atoms with Gasteiger partial charge in [0.25, 0.3) is 0 Å². The van der Waals surface area contributed by atoms with Gasteiger partial charge in [0.1, 0.15) is 10.1 Å². The van der Waals surface area contributed by atoms with Gasteiger partial charge in [0.05, 0.1) is 30.2 Å². The van der Waals surface area contributed by atoms with Crippen molar-refractivity contribution >= 4 is 15.8 Å². The fraction of sp³-hybridized carbons (Fsp3) is 0.571. The minimum Gasteiger partial charge on any atom is -0.744 e. The summed E-state index contributed by atoms with van der Waals surface area (Å²) in [6, 6.07) is 5.17. The van der Waals surface area contributed by atoms with Crippen LogP contribution in [-0.4, -0.2) is 48.5 Å². The Bertz CT molecular complexity index is 532. The number of aliphatic hydroxyl groups is 2. The third kappa shape index (κ3) is 5.27. The van der Waals surface area contributed by atoms with Crippen molar-refractivity contribution < 1.29 is 42.0 Å². The first-order chi connectivity index (χ1) is 9.88. The van der Waals surface area contributed by atoms with Crippen molar-refractivity contribution in [3.63, 3.8) is 0 Å². The number of benzene rings is 1. The van der Waals surface area contributed by atoms with Crippen LogP contribution >= 0.6 is 0 Å². The molecule has 0 bridgehead atoms. The van der Waals surface area contributed by atoms with Crippen LogP contribution in [0.1, 0.15) is 26.7 Å². The topological polar surface area (TPSA) is 101 Å². The third-order valence-corrected chi connectivity index (χ3v) is 4.39. The Balaban J connectivity index is 0.00000441. The average molecular weight is 323 g/mol. The van der Waals surface area contributed by atoms with E-state index in [4.69, 9.17) is 0 Å². The van der Waals surface area contributed by atoms with Gasteiger partial charge in [0.2, 0.25) is 0 Å². The molecule has 0 spiro atoms. The van der Waals surface area contributed by atoms with Crippen LogP contribution in [0.25, 0.3) is 0 Å². The zero-order chi connectivity index (χ0) is 16.0. The third-order valence-electron chi connectivity index (χ3n) is 3.56. The van der Waals surface area contributed by atoms with Crippen molar-refractivity contribution in [1.82, 2.24) is 0 Å². The molecule has 0 aliphatic carbocycles. The first kappa shape index (κ1) is 21.4. The molecular formula is C14H22LiNO5S. The van der Waals surface area contributed by atoms with Crippen LogP contribution in [0, 0.1) is 0 Å². The molecule has 2 N–H and O–H groups in total. The summed E-state index contributed by atoms with van der Waals surface area (Å²) < 4.78 is 33.5. The van der Waals surface area contributed by atoms with Crippen LogP contribution in [0.15, 0.2) is 29.2 Å². The summed E-state index contributed by atoms with van der Waals surface area (Å²) >= 11 is 0. The van der Waals surface area contributed by atoms with E-state index < -0.39 is 10.1 Å². The largest absolute Gasteiger partial charge is 1.00 e. The van der Waals surface area contributed by atoms with Crippen molar-refractivity contribution in [3.05, 3.63) is 24.3 Å². The van der Waals surface area contributed by atoms with Crippen LogP contribution in [-0.2, 0) is 10.1 Å². The van der Waals surface area contributed by atoms with Crippen molar-refractivity contribution in [2.24, 2.45) is 0 Å². The Morgan fingerprint density at radius 1 is 1.14 bits per heavy atom. The molecule has 1 rings (SSSR count). The first-order valence-electron chi connectivity index (χ1n) is 6.95. The molecule has 1 aromatic rings. The maximum Gasteiger partial charge on any atom is 1.00 e. The quantitative estimate of drug-likeness (QED) is 0.422. The predicted octanol–water partition coefficient (Wildman–Crippen LogP) is -2.06. The fourth-order valence-corrected chi connectivity index (χ4v) is 2.86. The standard InChI is InChI=1S/C14H23NO5S.Li/c1-3-11(9-16)15(12(4-2)10-17)13-6-5-7-14(8-13)21(18,19)20;/h5-8,11-12,16-17H,3-4,9-10H2,1-2H3,(H,18,19,20);/q;+1/p-1. The Kier molecular flexibility index (Phi) is 9.32. The molecule has 0 aliphatic rings. The van der Waals surface area contributed by atoms with Gasteiger partial charge in [-0.15, -0.1) is 0 Å². The molecule has 2 unspecified atom stereocenters. The van der Waals surface area contributed by atoms with E-state index in [0.717, 1.165) is 0 Å². The maximum absolute atomic E-state index is 11.2. The van der Waals surface area contributed by atoms with Gasteiger partial charge >= 0.3 is 18.9 Å². The molecule has 0 saturated carbocycles. The molecule has 0 amide bonds. The number of rotatable bonds is 8. The molecular weight excluding hydrogens is 301 g/mol. The Labute approximate surface area is 144 Å². The van der Waals surface area contributed by atoms with Crippen LogP contribution < -0.4 is 23.8 Å². The van der Waals surface area contributed by atoms with E-state index in [1.165, 1.54) is 18.2 Å².